The Kier molecular flexibility index (Phi) is 5.26. The number of hydrogen-bond donors (Lipinski definition) is 2. The predicted octanol–water partition coefficient (Wildman–Crippen LogP) is 1.95. The zero-order chi connectivity index (χ0) is 12.1. The molecular weight excluding hydrogens is 202 g/mol. The predicted molar refractivity (Wildman–Crippen MR) is 65.0 cm³/mol. The molecule has 0 aromatic rings. The zero-order valence-corrected chi connectivity index (χ0v) is 10.7. The van der Waals surface area contributed by atoms with Gasteiger partial charge in [-0.05, 0) is 37.5 Å². The van der Waals surface area contributed by atoms with Crippen molar-refractivity contribution < 1.29 is 9.90 Å². The monoisotopic (exact) mass is 227 g/mol. The van der Waals surface area contributed by atoms with Crippen LogP contribution in [0.5, 0.6) is 0 Å². The molecule has 2 N–H and O–H groups in total. The van der Waals surface area contributed by atoms with Gasteiger partial charge in [-0.2, -0.15) is 0 Å². The molecule has 0 bridgehead atoms. The van der Waals surface area contributed by atoms with Crippen LogP contribution in [0.15, 0.2) is 0 Å². The third kappa shape index (κ3) is 3.78. The first-order valence-electron chi connectivity index (χ1n) is 6.45. The Morgan fingerprint density at radius 3 is 2.31 bits per heavy atom. The van der Waals surface area contributed by atoms with Gasteiger partial charge >= 0.3 is 0 Å². The van der Waals surface area contributed by atoms with Gasteiger partial charge in [-0.15, -0.1) is 0 Å². The molecule has 3 nitrogen and oxygen atoms in total. The molecule has 0 heterocycles. The highest BCUT2D eigenvalue weighted by Gasteiger charge is 2.26. The van der Waals surface area contributed by atoms with Crippen molar-refractivity contribution in [1.82, 2.24) is 5.32 Å². The number of hydrogen-bond acceptors (Lipinski definition) is 2. The highest BCUT2D eigenvalue weighted by molar-refractivity contribution is 5.79. The molecule has 0 spiro atoms. The second-order valence-corrected chi connectivity index (χ2v) is 5.50. The van der Waals surface area contributed by atoms with Crippen LogP contribution in [0.2, 0.25) is 0 Å². The van der Waals surface area contributed by atoms with E-state index in [2.05, 4.69) is 12.2 Å². The lowest BCUT2D eigenvalue weighted by atomic mass is 9.82. The van der Waals surface area contributed by atoms with E-state index in [0.717, 1.165) is 31.6 Å². The van der Waals surface area contributed by atoms with Crippen molar-refractivity contribution in [2.75, 3.05) is 6.61 Å². The standard InChI is InChI=1S/C13H25NO2/c1-9(2)12(8-15)14-13(16)11-6-4-10(3)5-7-11/h9-12,15H,4-8H2,1-3H3,(H,14,16)/t10?,11?,12-/m0/s1. The van der Waals surface area contributed by atoms with E-state index in [4.69, 9.17) is 0 Å². The average Bonchev–Trinajstić information content (AvgIpc) is 2.26. The van der Waals surface area contributed by atoms with Crippen LogP contribution in [-0.4, -0.2) is 23.7 Å². The molecule has 3 heteroatoms. The maximum absolute atomic E-state index is 12.0. The second kappa shape index (κ2) is 6.24. The molecule has 0 aromatic carbocycles. The van der Waals surface area contributed by atoms with E-state index < -0.39 is 0 Å². The summed E-state index contributed by atoms with van der Waals surface area (Å²) in [6.07, 6.45) is 4.32. The lowest BCUT2D eigenvalue weighted by Crippen LogP contribution is -2.44. The Morgan fingerprint density at radius 1 is 1.31 bits per heavy atom. The van der Waals surface area contributed by atoms with Crippen molar-refractivity contribution in [3.8, 4) is 0 Å². The molecule has 1 aliphatic carbocycles. The van der Waals surface area contributed by atoms with Crippen LogP contribution in [0.1, 0.15) is 46.5 Å². The van der Waals surface area contributed by atoms with Gasteiger partial charge in [0.05, 0.1) is 12.6 Å². The van der Waals surface area contributed by atoms with Crippen molar-refractivity contribution in [3.63, 3.8) is 0 Å². The van der Waals surface area contributed by atoms with Gasteiger partial charge in [0, 0.05) is 5.92 Å². The van der Waals surface area contributed by atoms with E-state index in [1.165, 1.54) is 0 Å². The molecule has 1 saturated carbocycles. The Bertz CT molecular complexity index is 220. The highest BCUT2D eigenvalue weighted by Crippen LogP contribution is 2.28. The van der Waals surface area contributed by atoms with Gasteiger partial charge in [0.2, 0.25) is 5.91 Å². The summed E-state index contributed by atoms with van der Waals surface area (Å²) in [7, 11) is 0. The van der Waals surface area contributed by atoms with Crippen LogP contribution in [-0.2, 0) is 4.79 Å². The van der Waals surface area contributed by atoms with Crippen LogP contribution in [0.4, 0.5) is 0 Å². The molecule has 1 amide bonds. The Morgan fingerprint density at radius 2 is 1.88 bits per heavy atom. The topological polar surface area (TPSA) is 49.3 Å². The SMILES string of the molecule is CC1CCC(C(=O)N[C@@H](CO)C(C)C)CC1. The van der Waals surface area contributed by atoms with E-state index in [0.29, 0.717) is 0 Å². The van der Waals surface area contributed by atoms with Crippen LogP contribution in [0.25, 0.3) is 0 Å². The first kappa shape index (κ1) is 13.5. The smallest absolute Gasteiger partial charge is 0.223 e. The molecule has 1 atom stereocenters. The van der Waals surface area contributed by atoms with Crippen molar-refractivity contribution in [1.29, 1.82) is 0 Å². The number of carbonyl (C=O) groups is 1. The average molecular weight is 227 g/mol. The first-order chi connectivity index (χ1) is 7.54. The van der Waals surface area contributed by atoms with Gasteiger partial charge in [0.15, 0.2) is 0 Å². The number of nitrogens with one attached hydrogen (secondary N) is 1. The Balaban J connectivity index is 2.39. The fraction of sp³-hybridized carbons (Fsp3) is 0.923. The molecule has 1 rings (SSSR count). The summed E-state index contributed by atoms with van der Waals surface area (Å²) in [5.41, 5.74) is 0. The Hall–Kier alpha value is -0.570. The van der Waals surface area contributed by atoms with Gasteiger partial charge in [0.1, 0.15) is 0 Å². The maximum atomic E-state index is 12.0. The fourth-order valence-corrected chi connectivity index (χ4v) is 2.25. The van der Waals surface area contributed by atoms with Gasteiger partial charge in [-0.3, -0.25) is 4.79 Å². The summed E-state index contributed by atoms with van der Waals surface area (Å²) in [6, 6.07) is -0.0909. The van der Waals surface area contributed by atoms with Crippen LogP contribution < -0.4 is 5.32 Å². The van der Waals surface area contributed by atoms with E-state index in [9.17, 15) is 9.90 Å². The van der Waals surface area contributed by atoms with Crippen molar-refractivity contribution >= 4 is 5.91 Å². The molecule has 16 heavy (non-hydrogen) atoms. The number of aliphatic hydroxyl groups is 1. The van der Waals surface area contributed by atoms with Crippen molar-refractivity contribution in [2.24, 2.45) is 17.8 Å². The summed E-state index contributed by atoms with van der Waals surface area (Å²) in [5, 5.41) is 12.1. The van der Waals surface area contributed by atoms with Gasteiger partial charge < -0.3 is 10.4 Å². The Labute approximate surface area is 98.6 Å². The second-order valence-electron chi connectivity index (χ2n) is 5.50. The van der Waals surface area contributed by atoms with Crippen molar-refractivity contribution in [3.05, 3.63) is 0 Å². The molecule has 0 aromatic heterocycles. The fourth-order valence-electron chi connectivity index (χ4n) is 2.25. The number of aliphatic hydroxyl groups excluding tert-OH is 1. The van der Waals surface area contributed by atoms with Crippen LogP contribution in [0, 0.1) is 17.8 Å². The summed E-state index contributed by atoms with van der Waals surface area (Å²) in [4.78, 5) is 12.0. The van der Waals surface area contributed by atoms with Crippen LogP contribution in [0.3, 0.4) is 0 Å². The molecule has 0 unspecified atom stereocenters. The van der Waals surface area contributed by atoms with E-state index in [-0.39, 0.29) is 30.4 Å². The van der Waals surface area contributed by atoms with Gasteiger partial charge in [-0.1, -0.05) is 20.8 Å². The summed E-state index contributed by atoms with van der Waals surface area (Å²) < 4.78 is 0. The lowest BCUT2D eigenvalue weighted by molar-refractivity contribution is -0.127. The summed E-state index contributed by atoms with van der Waals surface area (Å²) in [6.45, 7) is 6.32. The minimum Gasteiger partial charge on any atom is -0.394 e. The highest BCUT2D eigenvalue weighted by atomic mass is 16.3. The first-order valence-corrected chi connectivity index (χ1v) is 6.45. The van der Waals surface area contributed by atoms with E-state index in [1.54, 1.807) is 0 Å². The molecule has 0 aliphatic heterocycles. The molecular formula is C13H25NO2. The molecule has 94 valence electrons. The molecule has 0 radical (unpaired) electrons. The summed E-state index contributed by atoms with van der Waals surface area (Å²) >= 11 is 0. The largest absolute Gasteiger partial charge is 0.394 e. The number of carbonyl (C=O) groups excluding carboxylic acids is 1. The number of rotatable bonds is 4. The van der Waals surface area contributed by atoms with E-state index in [1.807, 2.05) is 13.8 Å². The third-order valence-corrected chi connectivity index (χ3v) is 3.72. The summed E-state index contributed by atoms with van der Waals surface area (Å²) in [5.74, 6) is 1.36. The molecule has 1 fully saturated rings. The number of amides is 1. The minimum absolute atomic E-state index is 0.0343. The normalized spacial score (nSPS) is 27.8. The minimum atomic E-state index is -0.0909. The lowest BCUT2D eigenvalue weighted by Gasteiger charge is -2.28. The molecule has 1 aliphatic rings. The third-order valence-electron chi connectivity index (χ3n) is 3.72. The maximum Gasteiger partial charge on any atom is 0.223 e. The van der Waals surface area contributed by atoms with Crippen LogP contribution >= 0.6 is 0 Å². The van der Waals surface area contributed by atoms with Gasteiger partial charge in [-0.25, -0.2) is 0 Å². The van der Waals surface area contributed by atoms with Crippen molar-refractivity contribution in [2.45, 2.75) is 52.5 Å². The quantitative estimate of drug-likeness (QED) is 0.771. The zero-order valence-electron chi connectivity index (χ0n) is 10.7. The molecule has 0 saturated heterocycles. The van der Waals surface area contributed by atoms with Gasteiger partial charge in [0.25, 0.3) is 0 Å². The van der Waals surface area contributed by atoms with E-state index >= 15 is 0 Å².